The number of likely N-dealkylation sites (N-methyl/N-ethyl adjacent to an activating group) is 1. The summed E-state index contributed by atoms with van der Waals surface area (Å²) in [6.07, 6.45) is 5.46. The molecule has 1 aromatic rings. The quantitative estimate of drug-likeness (QED) is 0.887. The second-order valence-electron chi connectivity index (χ2n) is 6.22. The van der Waals surface area contributed by atoms with Crippen LogP contribution in [0.25, 0.3) is 0 Å². The van der Waals surface area contributed by atoms with Crippen molar-refractivity contribution in [3.8, 4) is 0 Å². The van der Waals surface area contributed by atoms with Gasteiger partial charge in [0.1, 0.15) is 5.76 Å². The second kappa shape index (κ2) is 6.10. The van der Waals surface area contributed by atoms with E-state index in [2.05, 4.69) is 31.7 Å². The maximum absolute atomic E-state index is 6.18. The van der Waals surface area contributed by atoms with Gasteiger partial charge in [-0.25, -0.2) is 0 Å². The van der Waals surface area contributed by atoms with E-state index in [1.165, 1.54) is 19.3 Å². The Morgan fingerprint density at radius 3 is 2.74 bits per heavy atom. The molecule has 1 aliphatic carbocycles. The van der Waals surface area contributed by atoms with Gasteiger partial charge in [-0.15, -0.1) is 0 Å². The summed E-state index contributed by atoms with van der Waals surface area (Å²) in [6.45, 7) is 9.62. The third kappa shape index (κ3) is 3.03. The predicted octanol–water partition coefficient (Wildman–Crippen LogP) is 3.26. The van der Waals surface area contributed by atoms with Crippen molar-refractivity contribution in [2.45, 2.75) is 52.1 Å². The molecular formula is C16H28N2O. The zero-order valence-electron chi connectivity index (χ0n) is 12.6. The van der Waals surface area contributed by atoms with E-state index in [0.717, 1.165) is 37.2 Å². The molecule has 3 atom stereocenters. The molecular weight excluding hydrogens is 236 g/mol. The van der Waals surface area contributed by atoms with Gasteiger partial charge in [-0.3, -0.25) is 4.90 Å². The molecule has 19 heavy (non-hydrogen) atoms. The maximum atomic E-state index is 6.18. The first-order chi connectivity index (χ1) is 9.11. The molecule has 0 bridgehead atoms. The molecule has 3 heteroatoms. The molecule has 1 aromatic heterocycles. The van der Waals surface area contributed by atoms with Crippen LogP contribution in [0, 0.1) is 11.8 Å². The highest BCUT2D eigenvalue weighted by molar-refractivity contribution is 5.03. The standard InChI is InChI=1S/C16H28N2O/c1-4-18(11-15-6-5-9-19-15)16(12-17)8-7-13(2)14(3)10-16/h5-6,9,13-14H,4,7-8,10-12,17H2,1-3H3. The lowest BCUT2D eigenvalue weighted by Gasteiger charge is -2.49. The number of nitrogens with two attached hydrogens (primary N) is 1. The Labute approximate surface area is 117 Å². The first-order valence-corrected chi connectivity index (χ1v) is 7.59. The molecule has 0 aromatic carbocycles. The van der Waals surface area contributed by atoms with Crippen LogP contribution in [0.4, 0.5) is 0 Å². The molecule has 108 valence electrons. The van der Waals surface area contributed by atoms with Crippen molar-refractivity contribution in [3.05, 3.63) is 24.2 Å². The van der Waals surface area contributed by atoms with E-state index in [9.17, 15) is 0 Å². The van der Waals surface area contributed by atoms with Gasteiger partial charge < -0.3 is 10.2 Å². The van der Waals surface area contributed by atoms with Crippen LogP contribution in [-0.2, 0) is 6.54 Å². The highest BCUT2D eigenvalue weighted by atomic mass is 16.3. The van der Waals surface area contributed by atoms with Crippen LogP contribution < -0.4 is 5.73 Å². The third-order valence-corrected chi connectivity index (χ3v) is 5.10. The summed E-state index contributed by atoms with van der Waals surface area (Å²) < 4.78 is 5.51. The van der Waals surface area contributed by atoms with E-state index in [0.29, 0.717) is 0 Å². The summed E-state index contributed by atoms with van der Waals surface area (Å²) in [4.78, 5) is 2.52. The molecule has 0 radical (unpaired) electrons. The van der Waals surface area contributed by atoms with Gasteiger partial charge in [-0.05, 0) is 49.8 Å². The van der Waals surface area contributed by atoms with Crippen molar-refractivity contribution in [1.82, 2.24) is 4.90 Å². The van der Waals surface area contributed by atoms with Crippen molar-refractivity contribution < 1.29 is 4.42 Å². The molecule has 3 unspecified atom stereocenters. The van der Waals surface area contributed by atoms with Crippen LogP contribution >= 0.6 is 0 Å². The summed E-state index contributed by atoms with van der Waals surface area (Å²) >= 11 is 0. The minimum Gasteiger partial charge on any atom is -0.468 e. The van der Waals surface area contributed by atoms with Crippen LogP contribution in [0.2, 0.25) is 0 Å². The molecule has 1 heterocycles. The zero-order valence-corrected chi connectivity index (χ0v) is 12.6. The number of nitrogens with zero attached hydrogens (tertiary/aromatic N) is 1. The SMILES string of the molecule is CCN(Cc1ccco1)C1(CN)CCC(C)C(C)C1. The van der Waals surface area contributed by atoms with E-state index in [1.807, 2.05) is 6.07 Å². The largest absolute Gasteiger partial charge is 0.468 e. The number of rotatable bonds is 5. The number of furan rings is 1. The predicted molar refractivity (Wildman–Crippen MR) is 78.8 cm³/mol. The molecule has 0 saturated heterocycles. The van der Waals surface area contributed by atoms with Gasteiger partial charge in [0.05, 0.1) is 12.8 Å². The van der Waals surface area contributed by atoms with Crippen LogP contribution in [0.5, 0.6) is 0 Å². The normalized spacial score (nSPS) is 31.8. The van der Waals surface area contributed by atoms with Gasteiger partial charge in [0.2, 0.25) is 0 Å². The van der Waals surface area contributed by atoms with E-state index < -0.39 is 0 Å². The number of hydrogen-bond donors (Lipinski definition) is 1. The van der Waals surface area contributed by atoms with Gasteiger partial charge in [-0.2, -0.15) is 0 Å². The van der Waals surface area contributed by atoms with E-state index in [1.54, 1.807) is 6.26 Å². The molecule has 2 rings (SSSR count). The van der Waals surface area contributed by atoms with E-state index in [-0.39, 0.29) is 5.54 Å². The van der Waals surface area contributed by atoms with Gasteiger partial charge in [0, 0.05) is 12.1 Å². The Bertz CT molecular complexity index is 376. The first-order valence-electron chi connectivity index (χ1n) is 7.59. The van der Waals surface area contributed by atoms with Gasteiger partial charge in [-0.1, -0.05) is 20.8 Å². The third-order valence-electron chi connectivity index (χ3n) is 5.10. The fraction of sp³-hybridized carbons (Fsp3) is 0.750. The molecule has 3 nitrogen and oxygen atoms in total. The van der Waals surface area contributed by atoms with Crippen molar-refractivity contribution in [3.63, 3.8) is 0 Å². The lowest BCUT2D eigenvalue weighted by molar-refractivity contribution is 0.0147. The topological polar surface area (TPSA) is 42.4 Å². The monoisotopic (exact) mass is 264 g/mol. The van der Waals surface area contributed by atoms with Crippen LogP contribution in [0.1, 0.15) is 45.8 Å². The Morgan fingerprint density at radius 1 is 1.42 bits per heavy atom. The molecule has 0 amide bonds. The Kier molecular flexibility index (Phi) is 4.69. The fourth-order valence-corrected chi connectivity index (χ4v) is 3.49. The number of hydrogen-bond acceptors (Lipinski definition) is 3. The smallest absolute Gasteiger partial charge is 0.117 e. The average molecular weight is 264 g/mol. The van der Waals surface area contributed by atoms with Gasteiger partial charge in [0.15, 0.2) is 0 Å². The summed E-state index contributed by atoms with van der Waals surface area (Å²) in [5.41, 5.74) is 6.34. The Balaban J connectivity index is 2.13. The summed E-state index contributed by atoms with van der Waals surface area (Å²) in [7, 11) is 0. The highest BCUT2D eigenvalue weighted by Crippen LogP contribution is 2.39. The molecule has 1 aliphatic rings. The second-order valence-corrected chi connectivity index (χ2v) is 6.22. The van der Waals surface area contributed by atoms with Crippen LogP contribution in [0.15, 0.2) is 22.8 Å². The zero-order chi connectivity index (χ0) is 13.9. The maximum Gasteiger partial charge on any atom is 0.117 e. The van der Waals surface area contributed by atoms with E-state index in [4.69, 9.17) is 10.2 Å². The lowest BCUT2D eigenvalue weighted by Crippen LogP contribution is -2.56. The van der Waals surface area contributed by atoms with Crippen LogP contribution in [0.3, 0.4) is 0 Å². The Morgan fingerprint density at radius 2 is 2.21 bits per heavy atom. The van der Waals surface area contributed by atoms with Crippen molar-refractivity contribution in [2.75, 3.05) is 13.1 Å². The highest BCUT2D eigenvalue weighted by Gasteiger charge is 2.40. The molecule has 0 aliphatic heterocycles. The first kappa shape index (κ1) is 14.6. The average Bonchev–Trinajstić information content (AvgIpc) is 2.92. The van der Waals surface area contributed by atoms with Crippen molar-refractivity contribution in [1.29, 1.82) is 0 Å². The minimum absolute atomic E-state index is 0.160. The minimum atomic E-state index is 0.160. The van der Waals surface area contributed by atoms with Crippen molar-refractivity contribution >= 4 is 0 Å². The summed E-state index contributed by atoms with van der Waals surface area (Å²) in [5.74, 6) is 2.62. The summed E-state index contributed by atoms with van der Waals surface area (Å²) in [5, 5.41) is 0. The van der Waals surface area contributed by atoms with Gasteiger partial charge in [0.25, 0.3) is 0 Å². The molecule has 0 spiro atoms. The van der Waals surface area contributed by atoms with Gasteiger partial charge >= 0.3 is 0 Å². The van der Waals surface area contributed by atoms with Crippen molar-refractivity contribution in [2.24, 2.45) is 17.6 Å². The summed E-state index contributed by atoms with van der Waals surface area (Å²) in [6, 6.07) is 4.02. The molecule has 1 saturated carbocycles. The molecule has 1 fully saturated rings. The molecule has 2 N–H and O–H groups in total. The Hall–Kier alpha value is -0.800. The van der Waals surface area contributed by atoms with E-state index >= 15 is 0 Å². The van der Waals surface area contributed by atoms with Crippen LogP contribution in [-0.4, -0.2) is 23.5 Å². The lowest BCUT2D eigenvalue weighted by atomic mass is 9.70. The fourth-order valence-electron chi connectivity index (χ4n) is 3.49.